The van der Waals surface area contributed by atoms with Gasteiger partial charge in [0, 0.05) is 27.9 Å². The third-order valence-electron chi connectivity index (χ3n) is 2.85. The molecule has 0 saturated carbocycles. The van der Waals surface area contributed by atoms with Crippen molar-refractivity contribution < 1.29 is 4.42 Å². The minimum absolute atomic E-state index is 0.502. The van der Waals surface area contributed by atoms with Crippen LogP contribution in [0, 0.1) is 6.92 Å². The Balaban J connectivity index is 2.57. The second-order valence-corrected chi connectivity index (χ2v) is 5.13. The normalized spacial score (nSPS) is 11.5. The van der Waals surface area contributed by atoms with Gasteiger partial charge in [-0.2, -0.15) is 0 Å². The maximum atomic E-state index is 6.15. The summed E-state index contributed by atoms with van der Waals surface area (Å²) in [6.45, 7) is 1.93. The van der Waals surface area contributed by atoms with Gasteiger partial charge in [0.2, 0.25) is 0 Å². The van der Waals surface area contributed by atoms with Gasteiger partial charge in [0.05, 0.1) is 10.0 Å². The first kappa shape index (κ1) is 11.2. The highest BCUT2D eigenvalue weighted by Crippen LogP contribution is 2.38. The highest BCUT2D eigenvalue weighted by atomic mass is 35.5. The van der Waals surface area contributed by atoms with Crippen molar-refractivity contribution in [1.82, 2.24) is 0 Å². The summed E-state index contributed by atoms with van der Waals surface area (Å²) < 4.78 is 5.72. The first-order valence-corrected chi connectivity index (χ1v) is 6.17. The van der Waals surface area contributed by atoms with Gasteiger partial charge in [0.1, 0.15) is 11.2 Å². The second kappa shape index (κ2) is 3.81. The summed E-state index contributed by atoms with van der Waals surface area (Å²) >= 11 is 18.1. The molecule has 1 aromatic heterocycles. The Morgan fingerprint density at radius 2 is 1.76 bits per heavy atom. The fourth-order valence-electron chi connectivity index (χ4n) is 2.05. The van der Waals surface area contributed by atoms with Gasteiger partial charge in [-0.25, -0.2) is 0 Å². The summed E-state index contributed by atoms with van der Waals surface area (Å²) in [7, 11) is 0. The Morgan fingerprint density at radius 1 is 1.00 bits per heavy atom. The smallest absolute Gasteiger partial charge is 0.137 e. The fraction of sp³-hybridized carbons (Fsp3) is 0.0769. The average Bonchev–Trinajstić information content (AvgIpc) is 2.63. The fourth-order valence-corrected chi connectivity index (χ4v) is 2.60. The Labute approximate surface area is 113 Å². The van der Waals surface area contributed by atoms with E-state index in [-0.39, 0.29) is 0 Å². The molecule has 3 rings (SSSR count). The van der Waals surface area contributed by atoms with E-state index in [0.717, 1.165) is 27.5 Å². The molecule has 86 valence electrons. The lowest BCUT2D eigenvalue weighted by Crippen LogP contribution is -1.79. The highest BCUT2D eigenvalue weighted by molar-refractivity contribution is 6.43. The van der Waals surface area contributed by atoms with Crippen molar-refractivity contribution >= 4 is 56.7 Å². The minimum Gasteiger partial charge on any atom is -0.456 e. The summed E-state index contributed by atoms with van der Waals surface area (Å²) in [6.07, 6.45) is 0. The molecule has 0 aliphatic heterocycles. The van der Waals surface area contributed by atoms with Gasteiger partial charge >= 0.3 is 0 Å². The first-order chi connectivity index (χ1) is 8.08. The Hall–Kier alpha value is -0.890. The Kier molecular flexibility index (Phi) is 2.51. The lowest BCUT2D eigenvalue weighted by molar-refractivity contribution is 0.669. The van der Waals surface area contributed by atoms with E-state index in [4.69, 9.17) is 39.2 Å². The molecule has 0 aliphatic rings. The molecule has 0 aliphatic carbocycles. The third-order valence-corrected chi connectivity index (χ3v) is 3.97. The van der Waals surface area contributed by atoms with Gasteiger partial charge in [0.15, 0.2) is 0 Å². The molecule has 0 atom stereocenters. The van der Waals surface area contributed by atoms with Crippen LogP contribution in [0.5, 0.6) is 0 Å². The van der Waals surface area contributed by atoms with E-state index < -0.39 is 0 Å². The number of fused-ring (bicyclic) bond motifs is 3. The van der Waals surface area contributed by atoms with Crippen molar-refractivity contribution in [3.8, 4) is 0 Å². The van der Waals surface area contributed by atoms with Gasteiger partial charge in [-0.05, 0) is 24.6 Å². The number of rotatable bonds is 0. The molecule has 0 radical (unpaired) electrons. The molecule has 1 nitrogen and oxygen atoms in total. The van der Waals surface area contributed by atoms with E-state index in [2.05, 4.69) is 0 Å². The average molecular weight is 286 g/mol. The third kappa shape index (κ3) is 1.61. The molecule has 0 spiro atoms. The first-order valence-electron chi connectivity index (χ1n) is 5.04. The van der Waals surface area contributed by atoms with Crippen LogP contribution in [0.2, 0.25) is 15.1 Å². The number of hydrogen-bond donors (Lipinski definition) is 0. The molecule has 0 amide bonds. The lowest BCUT2D eigenvalue weighted by atomic mass is 10.1. The molecule has 3 aromatic rings. The van der Waals surface area contributed by atoms with Crippen LogP contribution >= 0.6 is 34.8 Å². The summed E-state index contributed by atoms with van der Waals surface area (Å²) in [4.78, 5) is 0. The molecule has 0 N–H and O–H groups in total. The molecule has 0 saturated heterocycles. The van der Waals surface area contributed by atoms with E-state index in [1.807, 2.05) is 19.1 Å². The Morgan fingerprint density at radius 3 is 2.53 bits per heavy atom. The highest BCUT2D eigenvalue weighted by Gasteiger charge is 2.14. The number of halogens is 3. The summed E-state index contributed by atoms with van der Waals surface area (Å²) in [5.41, 5.74) is 2.40. The van der Waals surface area contributed by atoms with Crippen molar-refractivity contribution in [2.24, 2.45) is 0 Å². The van der Waals surface area contributed by atoms with E-state index in [0.29, 0.717) is 15.1 Å². The van der Waals surface area contributed by atoms with Crippen LogP contribution in [-0.4, -0.2) is 0 Å². The molecule has 1 heterocycles. The zero-order valence-corrected chi connectivity index (χ0v) is 11.1. The largest absolute Gasteiger partial charge is 0.456 e. The van der Waals surface area contributed by atoms with Crippen LogP contribution in [0.25, 0.3) is 21.9 Å². The quantitative estimate of drug-likeness (QED) is 0.504. The van der Waals surface area contributed by atoms with Crippen LogP contribution in [0.1, 0.15) is 5.56 Å². The van der Waals surface area contributed by atoms with E-state index in [1.165, 1.54) is 0 Å². The summed E-state index contributed by atoms with van der Waals surface area (Å²) in [5, 5.41) is 3.71. The topological polar surface area (TPSA) is 13.1 Å². The predicted molar refractivity (Wildman–Crippen MR) is 73.5 cm³/mol. The number of aryl methyl sites for hydroxylation is 1. The molecule has 2 aromatic carbocycles. The molecule has 17 heavy (non-hydrogen) atoms. The van der Waals surface area contributed by atoms with Crippen molar-refractivity contribution in [3.05, 3.63) is 44.9 Å². The van der Waals surface area contributed by atoms with Crippen LogP contribution < -0.4 is 0 Å². The molecule has 0 fully saturated rings. The molecular weight excluding hydrogens is 279 g/mol. The summed E-state index contributed by atoms with van der Waals surface area (Å²) in [5.74, 6) is 0. The van der Waals surface area contributed by atoms with Gasteiger partial charge in [-0.1, -0.05) is 34.8 Å². The van der Waals surface area contributed by atoms with Gasteiger partial charge in [-0.15, -0.1) is 0 Å². The van der Waals surface area contributed by atoms with Crippen molar-refractivity contribution in [2.45, 2.75) is 6.92 Å². The van der Waals surface area contributed by atoms with E-state index >= 15 is 0 Å². The van der Waals surface area contributed by atoms with E-state index in [1.54, 1.807) is 12.1 Å². The maximum Gasteiger partial charge on any atom is 0.137 e. The van der Waals surface area contributed by atoms with E-state index in [9.17, 15) is 0 Å². The van der Waals surface area contributed by atoms with Crippen LogP contribution in [-0.2, 0) is 0 Å². The zero-order valence-electron chi connectivity index (χ0n) is 8.85. The minimum atomic E-state index is 0.502. The second-order valence-electron chi connectivity index (χ2n) is 3.91. The van der Waals surface area contributed by atoms with Gasteiger partial charge in [-0.3, -0.25) is 0 Å². The summed E-state index contributed by atoms with van der Waals surface area (Å²) in [6, 6.07) is 7.29. The maximum absolute atomic E-state index is 6.15. The monoisotopic (exact) mass is 284 g/mol. The molecule has 0 bridgehead atoms. The predicted octanol–water partition coefficient (Wildman–Crippen LogP) is 5.85. The van der Waals surface area contributed by atoms with Gasteiger partial charge < -0.3 is 4.42 Å². The number of hydrogen-bond acceptors (Lipinski definition) is 1. The van der Waals surface area contributed by atoms with Crippen LogP contribution in [0.4, 0.5) is 0 Å². The Bertz CT molecular complexity index is 743. The lowest BCUT2D eigenvalue weighted by Gasteiger charge is -2.01. The van der Waals surface area contributed by atoms with Crippen molar-refractivity contribution in [3.63, 3.8) is 0 Å². The van der Waals surface area contributed by atoms with Crippen molar-refractivity contribution in [2.75, 3.05) is 0 Å². The standard InChI is InChI=1S/C13H7Cl3O/c1-6-12-8-3-2-7(14)4-10(8)17-11(12)5-9(15)13(6)16/h2-5H,1H3. The van der Waals surface area contributed by atoms with Crippen LogP contribution in [0.3, 0.4) is 0 Å². The zero-order chi connectivity index (χ0) is 12.2. The van der Waals surface area contributed by atoms with Gasteiger partial charge in [0.25, 0.3) is 0 Å². The molecule has 0 unspecified atom stereocenters. The molecule has 4 heteroatoms. The molecular formula is C13H7Cl3O. The number of furan rings is 1. The van der Waals surface area contributed by atoms with Crippen LogP contribution in [0.15, 0.2) is 28.7 Å². The number of benzene rings is 2. The van der Waals surface area contributed by atoms with Crippen molar-refractivity contribution in [1.29, 1.82) is 0 Å². The SMILES string of the molecule is Cc1c(Cl)c(Cl)cc2oc3cc(Cl)ccc3c12.